The number of pyridine rings is 1. The monoisotopic (exact) mass is 369 g/mol. The van der Waals surface area contributed by atoms with E-state index in [4.69, 9.17) is 4.74 Å². The number of methoxy groups -OCH3 is 1. The summed E-state index contributed by atoms with van der Waals surface area (Å²) in [5.41, 5.74) is 1.13. The number of ether oxygens (including phenoxy) is 1. The molecule has 1 aromatic heterocycles. The topological polar surface area (TPSA) is 63.2 Å². The summed E-state index contributed by atoms with van der Waals surface area (Å²) in [7, 11) is 1.59. The molecular formula is C20H17F2N3O2. The summed E-state index contributed by atoms with van der Waals surface area (Å²) >= 11 is 0. The van der Waals surface area contributed by atoms with Gasteiger partial charge in [-0.05, 0) is 30.3 Å². The standard InChI is InChI=1S/C20H17F2N3O2/c1-27-18-5-3-2-4-14(18)12-24-19-10-13(8-9-23-19)20(26)25-17-7-6-15(21)11-16(17)22/h2-11H,12H2,1H3,(H,23,24)(H,25,26). The first kappa shape index (κ1) is 18.3. The van der Waals surface area contributed by atoms with Crippen molar-refractivity contribution in [1.29, 1.82) is 0 Å². The number of hydrogen-bond acceptors (Lipinski definition) is 4. The minimum absolute atomic E-state index is 0.0956. The SMILES string of the molecule is COc1ccccc1CNc1cc(C(=O)Nc2ccc(F)cc2F)ccn1. The van der Waals surface area contributed by atoms with Crippen LogP contribution in [0.4, 0.5) is 20.3 Å². The second-order valence-corrected chi connectivity index (χ2v) is 5.67. The van der Waals surface area contributed by atoms with Gasteiger partial charge in [-0.15, -0.1) is 0 Å². The van der Waals surface area contributed by atoms with Crippen molar-refractivity contribution >= 4 is 17.4 Å². The first-order valence-corrected chi connectivity index (χ1v) is 8.15. The minimum Gasteiger partial charge on any atom is -0.496 e. The molecule has 7 heteroatoms. The summed E-state index contributed by atoms with van der Waals surface area (Å²) < 4.78 is 32.0. The molecule has 3 aromatic rings. The molecule has 2 N–H and O–H groups in total. The highest BCUT2D eigenvalue weighted by atomic mass is 19.1. The number of carbonyl (C=O) groups is 1. The van der Waals surface area contributed by atoms with Crippen LogP contribution in [0.2, 0.25) is 0 Å². The molecule has 0 saturated carbocycles. The summed E-state index contributed by atoms with van der Waals surface area (Å²) in [4.78, 5) is 16.5. The summed E-state index contributed by atoms with van der Waals surface area (Å²) in [6, 6.07) is 13.6. The van der Waals surface area contributed by atoms with Crippen molar-refractivity contribution in [2.24, 2.45) is 0 Å². The van der Waals surface area contributed by atoms with Gasteiger partial charge in [-0.2, -0.15) is 0 Å². The summed E-state index contributed by atoms with van der Waals surface area (Å²) in [5.74, 6) is -0.855. The van der Waals surface area contributed by atoms with Crippen molar-refractivity contribution in [2.75, 3.05) is 17.7 Å². The quantitative estimate of drug-likeness (QED) is 0.682. The summed E-state index contributed by atoms with van der Waals surface area (Å²) in [5, 5.41) is 5.54. The number of aromatic nitrogens is 1. The van der Waals surface area contributed by atoms with Crippen molar-refractivity contribution in [1.82, 2.24) is 4.98 Å². The number of halogens is 2. The maximum absolute atomic E-state index is 13.7. The zero-order valence-electron chi connectivity index (χ0n) is 14.5. The second-order valence-electron chi connectivity index (χ2n) is 5.67. The van der Waals surface area contributed by atoms with Crippen LogP contribution in [0.3, 0.4) is 0 Å². The molecule has 0 unspecified atom stereocenters. The molecule has 3 rings (SSSR count). The zero-order valence-corrected chi connectivity index (χ0v) is 14.5. The molecule has 0 bridgehead atoms. The van der Waals surface area contributed by atoms with Gasteiger partial charge in [0.15, 0.2) is 0 Å². The van der Waals surface area contributed by atoms with E-state index in [0.717, 1.165) is 17.4 Å². The van der Waals surface area contributed by atoms with Gasteiger partial charge in [0.2, 0.25) is 0 Å². The number of rotatable bonds is 6. The Labute approximate surface area is 155 Å². The Balaban J connectivity index is 1.70. The van der Waals surface area contributed by atoms with Crippen LogP contribution in [0.1, 0.15) is 15.9 Å². The Morgan fingerprint density at radius 1 is 1.11 bits per heavy atom. The van der Waals surface area contributed by atoms with E-state index in [1.807, 2.05) is 24.3 Å². The van der Waals surface area contributed by atoms with E-state index < -0.39 is 17.5 Å². The van der Waals surface area contributed by atoms with Crippen molar-refractivity contribution in [2.45, 2.75) is 6.54 Å². The lowest BCUT2D eigenvalue weighted by Gasteiger charge is -2.11. The lowest BCUT2D eigenvalue weighted by atomic mass is 10.2. The van der Waals surface area contributed by atoms with E-state index in [-0.39, 0.29) is 11.3 Å². The molecule has 5 nitrogen and oxygen atoms in total. The molecule has 2 aromatic carbocycles. The highest BCUT2D eigenvalue weighted by Gasteiger charge is 2.11. The number of amides is 1. The minimum atomic E-state index is -0.841. The third-order valence-electron chi connectivity index (χ3n) is 3.85. The predicted molar refractivity (Wildman–Crippen MR) is 98.9 cm³/mol. The number of nitrogens with one attached hydrogen (secondary N) is 2. The van der Waals surface area contributed by atoms with Crippen LogP contribution in [0.15, 0.2) is 60.8 Å². The molecule has 0 spiro atoms. The van der Waals surface area contributed by atoms with Gasteiger partial charge in [0.25, 0.3) is 5.91 Å². The van der Waals surface area contributed by atoms with Crippen LogP contribution >= 0.6 is 0 Å². The van der Waals surface area contributed by atoms with E-state index in [1.54, 1.807) is 13.2 Å². The lowest BCUT2D eigenvalue weighted by Crippen LogP contribution is -2.14. The average Bonchev–Trinajstić information content (AvgIpc) is 2.69. The second kappa shape index (κ2) is 8.27. The Morgan fingerprint density at radius 3 is 2.70 bits per heavy atom. The Hall–Kier alpha value is -3.48. The van der Waals surface area contributed by atoms with Gasteiger partial charge < -0.3 is 15.4 Å². The smallest absolute Gasteiger partial charge is 0.255 e. The van der Waals surface area contributed by atoms with Crippen LogP contribution in [0, 0.1) is 11.6 Å². The maximum Gasteiger partial charge on any atom is 0.255 e. The molecule has 0 atom stereocenters. The van der Waals surface area contributed by atoms with Gasteiger partial charge in [0.1, 0.15) is 23.2 Å². The normalized spacial score (nSPS) is 10.3. The number of nitrogens with zero attached hydrogens (tertiary/aromatic N) is 1. The summed E-state index contributed by atoms with van der Waals surface area (Å²) in [6.45, 7) is 0.453. The van der Waals surface area contributed by atoms with Gasteiger partial charge in [-0.25, -0.2) is 13.8 Å². The number of carbonyl (C=O) groups excluding carboxylic acids is 1. The van der Waals surface area contributed by atoms with Crippen LogP contribution in [-0.4, -0.2) is 18.0 Å². The Kier molecular flexibility index (Phi) is 5.61. The predicted octanol–water partition coefficient (Wildman–Crippen LogP) is 4.23. The van der Waals surface area contributed by atoms with Crippen LogP contribution in [0.25, 0.3) is 0 Å². The molecule has 138 valence electrons. The fourth-order valence-corrected chi connectivity index (χ4v) is 2.49. The van der Waals surface area contributed by atoms with Crippen LogP contribution in [0.5, 0.6) is 5.75 Å². The molecule has 1 amide bonds. The maximum atomic E-state index is 13.7. The van der Waals surface area contributed by atoms with E-state index in [9.17, 15) is 13.6 Å². The van der Waals surface area contributed by atoms with Gasteiger partial charge in [-0.1, -0.05) is 18.2 Å². The first-order chi connectivity index (χ1) is 13.1. The van der Waals surface area contributed by atoms with E-state index in [2.05, 4.69) is 15.6 Å². The molecule has 0 fully saturated rings. The molecule has 0 aliphatic rings. The number of anilines is 2. The van der Waals surface area contributed by atoms with Gasteiger partial charge in [0.05, 0.1) is 12.8 Å². The Morgan fingerprint density at radius 2 is 1.93 bits per heavy atom. The van der Waals surface area contributed by atoms with Crippen molar-refractivity contribution in [3.8, 4) is 5.75 Å². The number of benzene rings is 2. The zero-order chi connectivity index (χ0) is 19.2. The average molecular weight is 369 g/mol. The van der Waals surface area contributed by atoms with E-state index >= 15 is 0 Å². The number of para-hydroxylation sites is 1. The number of hydrogen-bond donors (Lipinski definition) is 2. The van der Waals surface area contributed by atoms with Gasteiger partial charge in [0, 0.05) is 29.9 Å². The molecule has 27 heavy (non-hydrogen) atoms. The largest absolute Gasteiger partial charge is 0.496 e. The molecular weight excluding hydrogens is 352 g/mol. The molecule has 0 radical (unpaired) electrons. The van der Waals surface area contributed by atoms with Crippen molar-refractivity contribution < 1.29 is 18.3 Å². The third kappa shape index (κ3) is 4.58. The third-order valence-corrected chi connectivity index (χ3v) is 3.85. The molecule has 0 aliphatic carbocycles. The summed E-state index contributed by atoms with van der Waals surface area (Å²) in [6.07, 6.45) is 1.47. The van der Waals surface area contributed by atoms with Crippen molar-refractivity contribution in [3.63, 3.8) is 0 Å². The highest BCUT2D eigenvalue weighted by Crippen LogP contribution is 2.19. The first-order valence-electron chi connectivity index (χ1n) is 8.15. The highest BCUT2D eigenvalue weighted by molar-refractivity contribution is 6.04. The molecule has 0 saturated heterocycles. The van der Waals surface area contributed by atoms with Crippen LogP contribution < -0.4 is 15.4 Å². The van der Waals surface area contributed by atoms with Gasteiger partial charge >= 0.3 is 0 Å². The van der Waals surface area contributed by atoms with E-state index in [1.165, 1.54) is 18.3 Å². The Bertz CT molecular complexity index is 963. The van der Waals surface area contributed by atoms with Crippen molar-refractivity contribution in [3.05, 3.63) is 83.6 Å². The van der Waals surface area contributed by atoms with E-state index in [0.29, 0.717) is 18.4 Å². The fraction of sp³-hybridized carbons (Fsp3) is 0.100. The lowest BCUT2D eigenvalue weighted by molar-refractivity contribution is 0.102. The van der Waals surface area contributed by atoms with Crippen LogP contribution in [-0.2, 0) is 6.54 Å². The fourth-order valence-electron chi connectivity index (χ4n) is 2.49. The van der Waals surface area contributed by atoms with Gasteiger partial charge in [-0.3, -0.25) is 4.79 Å². The molecule has 0 aliphatic heterocycles. The molecule has 1 heterocycles.